The van der Waals surface area contributed by atoms with Crippen molar-refractivity contribution in [2.24, 2.45) is 16.8 Å². The van der Waals surface area contributed by atoms with Gasteiger partial charge in [0, 0.05) is 29.2 Å². The van der Waals surface area contributed by atoms with Crippen molar-refractivity contribution >= 4 is 23.4 Å². The normalized spacial score (nSPS) is 23.4. The summed E-state index contributed by atoms with van der Waals surface area (Å²) < 4.78 is 16.3. The van der Waals surface area contributed by atoms with Crippen molar-refractivity contribution < 1.29 is 28.6 Å². The largest absolute Gasteiger partial charge is 0.496 e. The van der Waals surface area contributed by atoms with Gasteiger partial charge in [-0.15, -0.1) is 0 Å². The van der Waals surface area contributed by atoms with Crippen LogP contribution in [0.5, 0.6) is 5.75 Å². The molecule has 1 aromatic carbocycles. The number of aliphatic imine (C=N–C) groups is 1. The Kier molecular flexibility index (Phi) is 7.62. The highest BCUT2D eigenvalue weighted by atomic mass is 16.5. The van der Waals surface area contributed by atoms with Crippen LogP contribution >= 0.6 is 0 Å². The lowest BCUT2D eigenvalue weighted by Gasteiger charge is -2.41. The standard InChI is InChI=1S/C28H30N2O6/c1-5-35-27(32)22-16(3)30-20-15-18(17-11-7-8-13-21(17)34-4)23(28(33)36-6-2)26(31)25(20)24(22)19-12-9-10-14-29-19/h7-14,18,23-25H,5-6,15H2,1-4H3/t18-,23-,24-,25?/m1/s1. The number of allylic oxidation sites excluding steroid dienone is 1. The third-order valence-corrected chi connectivity index (χ3v) is 6.73. The van der Waals surface area contributed by atoms with Crippen LogP contribution in [0.3, 0.4) is 0 Å². The Morgan fingerprint density at radius 3 is 2.39 bits per heavy atom. The van der Waals surface area contributed by atoms with Gasteiger partial charge in [0.15, 0.2) is 5.78 Å². The third kappa shape index (κ3) is 4.55. The van der Waals surface area contributed by atoms with Crippen LogP contribution in [-0.2, 0) is 23.9 Å². The van der Waals surface area contributed by atoms with Crippen molar-refractivity contribution in [3.63, 3.8) is 0 Å². The maximum Gasteiger partial charge on any atom is 0.336 e. The summed E-state index contributed by atoms with van der Waals surface area (Å²) in [5.41, 5.74) is 2.66. The number of carbonyl (C=O) groups is 3. The van der Waals surface area contributed by atoms with E-state index in [-0.39, 0.29) is 24.6 Å². The fraction of sp³-hybridized carbons (Fsp3) is 0.393. The lowest BCUT2D eigenvalue weighted by molar-refractivity contribution is -0.153. The number of rotatable bonds is 7. The summed E-state index contributed by atoms with van der Waals surface area (Å²) in [5.74, 6) is -4.08. The van der Waals surface area contributed by atoms with Crippen molar-refractivity contribution in [1.82, 2.24) is 4.98 Å². The molecule has 1 aromatic heterocycles. The van der Waals surface area contributed by atoms with E-state index in [2.05, 4.69) is 4.98 Å². The van der Waals surface area contributed by atoms with Crippen molar-refractivity contribution in [2.45, 2.75) is 39.0 Å². The fourth-order valence-corrected chi connectivity index (χ4v) is 5.30. The van der Waals surface area contributed by atoms with Gasteiger partial charge in [-0.2, -0.15) is 0 Å². The summed E-state index contributed by atoms with van der Waals surface area (Å²) in [4.78, 5) is 49.8. The zero-order valence-electron chi connectivity index (χ0n) is 20.9. The number of benzene rings is 1. The van der Waals surface area contributed by atoms with E-state index in [1.54, 1.807) is 58.3 Å². The van der Waals surface area contributed by atoms with Crippen molar-refractivity contribution in [3.8, 4) is 5.75 Å². The molecule has 2 heterocycles. The summed E-state index contributed by atoms with van der Waals surface area (Å²) in [7, 11) is 1.55. The van der Waals surface area contributed by atoms with Crippen LogP contribution in [-0.4, -0.2) is 48.7 Å². The molecule has 36 heavy (non-hydrogen) atoms. The van der Waals surface area contributed by atoms with E-state index in [1.807, 2.05) is 18.2 Å². The second kappa shape index (κ2) is 10.8. The first-order valence-corrected chi connectivity index (χ1v) is 12.1. The molecule has 2 aromatic rings. The minimum atomic E-state index is -1.08. The minimum Gasteiger partial charge on any atom is -0.496 e. The van der Waals surface area contributed by atoms with Crippen molar-refractivity contribution in [2.75, 3.05) is 20.3 Å². The molecule has 8 heteroatoms. The summed E-state index contributed by atoms with van der Waals surface area (Å²) in [6, 6.07) is 12.7. The summed E-state index contributed by atoms with van der Waals surface area (Å²) >= 11 is 0. The van der Waals surface area contributed by atoms with Crippen molar-refractivity contribution in [3.05, 3.63) is 71.2 Å². The Labute approximate surface area is 210 Å². The number of hydrogen-bond acceptors (Lipinski definition) is 8. The quantitative estimate of drug-likeness (QED) is 0.426. The molecule has 0 radical (unpaired) electrons. The number of hydrogen-bond donors (Lipinski definition) is 0. The van der Waals surface area contributed by atoms with Gasteiger partial charge in [-0.1, -0.05) is 24.3 Å². The van der Waals surface area contributed by atoms with Gasteiger partial charge >= 0.3 is 11.9 Å². The number of ether oxygens (including phenoxy) is 3. The van der Waals surface area contributed by atoms with Crippen molar-refractivity contribution in [1.29, 1.82) is 0 Å². The van der Waals surface area contributed by atoms with E-state index < -0.39 is 35.6 Å². The molecule has 0 bridgehead atoms. The maximum absolute atomic E-state index is 14.3. The minimum absolute atomic E-state index is 0.142. The highest BCUT2D eigenvalue weighted by Crippen LogP contribution is 2.49. The smallest absolute Gasteiger partial charge is 0.336 e. The predicted octanol–water partition coefficient (Wildman–Crippen LogP) is 4.02. The highest BCUT2D eigenvalue weighted by molar-refractivity contribution is 6.17. The molecule has 188 valence electrons. The molecule has 0 spiro atoms. The average Bonchev–Trinajstić information content (AvgIpc) is 2.88. The predicted molar refractivity (Wildman–Crippen MR) is 133 cm³/mol. The number of esters is 2. The Morgan fingerprint density at radius 1 is 1.00 bits per heavy atom. The Hall–Kier alpha value is -3.81. The fourth-order valence-electron chi connectivity index (χ4n) is 5.30. The van der Waals surface area contributed by atoms with Gasteiger partial charge in [0.2, 0.25) is 0 Å². The molecule has 0 N–H and O–H groups in total. The van der Waals surface area contributed by atoms with Crippen LogP contribution in [0.1, 0.15) is 50.3 Å². The van der Waals surface area contributed by atoms with Crippen LogP contribution in [0.2, 0.25) is 0 Å². The van der Waals surface area contributed by atoms with Crippen LogP contribution in [0.4, 0.5) is 0 Å². The van der Waals surface area contributed by atoms with Gasteiger partial charge < -0.3 is 14.2 Å². The topological polar surface area (TPSA) is 104 Å². The molecule has 4 atom stereocenters. The lowest BCUT2D eigenvalue weighted by atomic mass is 9.62. The first-order valence-electron chi connectivity index (χ1n) is 12.1. The van der Waals surface area contributed by atoms with Crippen LogP contribution < -0.4 is 4.74 Å². The van der Waals surface area contributed by atoms with E-state index in [9.17, 15) is 14.4 Å². The second-order valence-corrected chi connectivity index (χ2v) is 8.72. The molecular formula is C28H30N2O6. The van der Waals surface area contributed by atoms with Gasteiger partial charge in [0.25, 0.3) is 0 Å². The maximum atomic E-state index is 14.3. The van der Waals surface area contributed by atoms with Crippen LogP contribution in [0, 0.1) is 11.8 Å². The third-order valence-electron chi connectivity index (χ3n) is 6.73. The molecule has 1 aliphatic carbocycles. The average molecular weight is 491 g/mol. The molecule has 1 aliphatic heterocycles. The number of carbonyl (C=O) groups excluding carboxylic acids is 3. The molecule has 4 rings (SSSR count). The summed E-state index contributed by atoms with van der Waals surface area (Å²) in [6.07, 6.45) is 1.95. The molecular weight excluding hydrogens is 460 g/mol. The second-order valence-electron chi connectivity index (χ2n) is 8.72. The Bertz CT molecular complexity index is 1220. The van der Waals surface area contributed by atoms with E-state index in [0.717, 1.165) is 5.56 Å². The van der Waals surface area contributed by atoms with Gasteiger partial charge in [-0.25, -0.2) is 4.79 Å². The number of Topliss-reactive ketones (excluding diaryl/α,β-unsaturated/α-hetero) is 1. The van der Waals surface area contributed by atoms with E-state index >= 15 is 0 Å². The SMILES string of the molecule is CCOC(=O)C1=C(C)N=C2C[C@H](c3ccccc3OC)[C@@H](C(=O)OCC)C(=O)C2[C@@H]1c1ccccn1. The number of ketones is 1. The Morgan fingerprint density at radius 2 is 1.72 bits per heavy atom. The molecule has 1 unspecified atom stereocenters. The molecule has 1 fully saturated rings. The zero-order valence-corrected chi connectivity index (χ0v) is 20.9. The highest BCUT2D eigenvalue weighted by Gasteiger charge is 2.53. The number of para-hydroxylation sites is 1. The first-order chi connectivity index (χ1) is 17.4. The number of pyridine rings is 1. The lowest BCUT2D eigenvalue weighted by Crippen LogP contribution is -2.49. The van der Waals surface area contributed by atoms with E-state index in [4.69, 9.17) is 19.2 Å². The zero-order chi connectivity index (χ0) is 25.8. The summed E-state index contributed by atoms with van der Waals surface area (Å²) in [6.45, 7) is 5.50. The van der Waals surface area contributed by atoms with Crippen LogP contribution in [0.25, 0.3) is 0 Å². The van der Waals surface area contributed by atoms with Gasteiger partial charge in [-0.05, 0) is 51.0 Å². The Balaban J connectivity index is 1.90. The van der Waals surface area contributed by atoms with Crippen LogP contribution in [0.15, 0.2) is 64.9 Å². The number of methoxy groups -OCH3 is 1. The number of nitrogens with zero attached hydrogens (tertiary/aromatic N) is 2. The van der Waals surface area contributed by atoms with Gasteiger partial charge in [0.05, 0.1) is 37.7 Å². The molecule has 0 amide bonds. The first kappa shape index (κ1) is 25.3. The molecule has 0 saturated heterocycles. The van der Waals surface area contributed by atoms with Gasteiger partial charge in [0.1, 0.15) is 11.7 Å². The molecule has 1 saturated carbocycles. The number of fused-ring (bicyclic) bond motifs is 1. The molecule has 2 aliphatic rings. The van der Waals surface area contributed by atoms with E-state index in [0.29, 0.717) is 29.3 Å². The molecule has 8 nitrogen and oxygen atoms in total. The van der Waals surface area contributed by atoms with Gasteiger partial charge in [-0.3, -0.25) is 19.6 Å². The summed E-state index contributed by atoms with van der Waals surface area (Å²) in [5, 5.41) is 0. The van der Waals surface area contributed by atoms with E-state index in [1.165, 1.54) is 0 Å². The number of aromatic nitrogens is 1. The monoisotopic (exact) mass is 490 g/mol.